The highest BCUT2D eigenvalue weighted by molar-refractivity contribution is 5.18. The number of rotatable bonds is 0. The molecule has 1 heterocycles. The van der Waals surface area contributed by atoms with Crippen LogP contribution in [0, 0.1) is 0 Å². The first-order valence-electron chi connectivity index (χ1n) is 4.13. The van der Waals surface area contributed by atoms with Crippen LogP contribution < -0.4 is 5.73 Å². The molecule has 0 bridgehead atoms. The first-order chi connectivity index (χ1) is 5.36. The third-order valence-corrected chi connectivity index (χ3v) is 2.29. The van der Waals surface area contributed by atoms with Crippen molar-refractivity contribution < 1.29 is 0 Å². The highest BCUT2D eigenvalue weighted by atomic mass is 15.1. The lowest BCUT2D eigenvalue weighted by Crippen LogP contribution is -2.21. The van der Waals surface area contributed by atoms with Gasteiger partial charge in [0.2, 0.25) is 0 Å². The van der Waals surface area contributed by atoms with E-state index in [0.29, 0.717) is 6.04 Å². The van der Waals surface area contributed by atoms with E-state index in [1.54, 1.807) is 0 Å². The van der Waals surface area contributed by atoms with Crippen molar-refractivity contribution >= 4 is 0 Å². The molecule has 1 aromatic heterocycles. The fourth-order valence-electron chi connectivity index (χ4n) is 1.65. The molecule has 1 aromatic rings. The van der Waals surface area contributed by atoms with Crippen LogP contribution >= 0.6 is 0 Å². The summed E-state index contributed by atoms with van der Waals surface area (Å²) in [6, 6.07) is 0.330. The molecule has 0 amide bonds. The molecule has 3 N–H and O–H groups in total. The van der Waals surface area contributed by atoms with Crippen LogP contribution in [-0.4, -0.2) is 16.2 Å². The normalized spacial score (nSPS) is 24.3. The van der Waals surface area contributed by atoms with E-state index in [-0.39, 0.29) is 0 Å². The van der Waals surface area contributed by atoms with Crippen molar-refractivity contribution in [1.82, 2.24) is 10.2 Å². The lowest BCUT2D eigenvalue weighted by molar-refractivity contribution is 0.595. The minimum Gasteiger partial charge on any atom is -0.327 e. The van der Waals surface area contributed by atoms with Crippen molar-refractivity contribution in [2.45, 2.75) is 31.7 Å². The molecule has 0 aromatic carbocycles. The van der Waals surface area contributed by atoms with Gasteiger partial charge < -0.3 is 5.73 Å². The van der Waals surface area contributed by atoms with E-state index in [1.165, 1.54) is 17.7 Å². The van der Waals surface area contributed by atoms with Gasteiger partial charge in [0.05, 0.1) is 6.20 Å². The van der Waals surface area contributed by atoms with Crippen molar-refractivity contribution in [3.05, 3.63) is 17.5 Å². The second-order valence-corrected chi connectivity index (χ2v) is 3.23. The molecule has 1 aliphatic carbocycles. The van der Waals surface area contributed by atoms with Crippen LogP contribution in [0.3, 0.4) is 0 Å². The van der Waals surface area contributed by atoms with Crippen LogP contribution in [0.15, 0.2) is 6.20 Å². The first-order valence-corrected chi connectivity index (χ1v) is 4.13. The van der Waals surface area contributed by atoms with E-state index in [1.807, 2.05) is 6.20 Å². The van der Waals surface area contributed by atoms with Gasteiger partial charge in [0, 0.05) is 18.2 Å². The number of aromatic amines is 1. The molecule has 0 saturated carbocycles. The summed E-state index contributed by atoms with van der Waals surface area (Å²) in [7, 11) is 0. The van der Waals surface area contributed by atoms with Gasteiger partial charge in [0.1, 0.15) is 0 Å². The minimum atomic E-state index is 0.330. The van der Waals surface area contributed by atoms with Gasteiger partial charge in [-0.15, -0.1) is 0 Å². The Morgan fingerprint density at radius 2 is 2.55 bits per heavy atom. The van der Waals surface area contributed by atoms with E-state index in [4.69, 9.17) is 5.73 Å². The Morgan fingerprint density at radius 3 is 3.45 bits per heavy atom. The standard InChI is InChI=1S/C8H13N3/c9-7-3-1-2-6-5-10-11-8(6)4-7/h5,7H,1-4,9H2,(H,10,11)/t7-/m0/s1. The monoisotopic (exact) mass is 151 g/mol. The Balaban J connectivity index is 2.26. The Hall–Kier alpha value is -0.830. The number of nitrogens with zero attached hydrogens (tertiary/aromatic N) is 1. The van der Waals surface area contributed by atoms with Gasteiger partial charge in [-0.2, -0.15) is 5.10 Å². The number of aryl methyl sites for hydroxylation is 1. The summed E-state index contributed by atoms with van der Waals surface area (Å²) in [6.07, 6.45) is 6.37. The molecule has 2 rings (SSSR count). The average molecular weight is 151 g/mol. The predicted octanol–water partition coefficient (Wildman–Crippen LogP) is 0.616. The zero-order valence-corrected chi connectivity index (χ0v) is 6.51. The zero-order valence-electron chi connectivity index (χ0n) is 6.51. The van der Waals surface area contributed by atoms with E-state index in [2.05, 4.69) is 10.2 Å². The number of hydrogen-bond donors (Lipinski definition) is 2. The Labute approximate surface area is 66.0 Å². The topological polar surface area (TPSA) is 54.7 Å². The van der Waals surface area contributed by atoms with Crippen LogP contribution in [0.4, 0.5) is 0 Å². The van der Waals surface area contributed by atoms with Gasteiger partial charge >= 0.3 is 0 Å². The third kappa shape index (κ3) is 1.28. The molecular formula is C8H13N3. The molecule has 3 heteroatoms. The van der Waals surface area contributed by atoms with E-state index >= 15 is 0 Å². The summed E-state index contributed by atoms with van der Waals surface area (Å²) in [5, 5.41) is 7.00. The number of nitrogens with two attached hydrogens (primary N) is 1. The molecular weight excluding hydrogens is 138 g/mol. The summed E-state index contributed by atoms with van der Waals surface area (Å²) in [5.74, 6) is 0. The van der Waals surface area contributed by atoms with Crippen LogP contribution in [0.25, 0.3) is 0 Å². The van der Waals surface area contributed by atoms with Crippen molar-refractivity contribution in [3.63, 3.8) is 0 Å². The Morgan fingerprint density at radius 1 is 1.64 bits per heavy atom. The molecule has 11 heavy (non-hydrogen) atoms. The van der Waals surface area contributed by atoms with E-state index in [0.717, 1.165) is 19.3 Å². The van der Waals surface area contributed by atoms with Crippen molar-refractivity contribution in [2.24, 2.45) is 5.73 Å². The number of hydrogen-bond acceptors (Lipinski definition) is 2. The molecule has 0 aliphatic heterocycles. The van der Waals surface area contributed by atoms with Crippen LogP contribution in [0.2, 0.25) is 0 Å². The fourth-order valence-corrected chi connectivity index (χ4v) is 1.65. The molecule has 3 nitrogen and oxygen atoms in total. The fraction of sp³-hybridized carbons (Fsp3) is 0.625. The molecule has 1 aliphatic rings. The molecule has 0 saturated heterocycles. The number of nitrogens with one attached hydrogen (secondary N) is 1. The minimum absolute atomic E-state index is 0.330. The average Bonchev–Trinajstić information content (AvgIpc) is 2.31. The molecule has 0 fully saturated rings. The van der Waals surface area contributed by atoms with Crippen LogP contribution in [0.5, 0.6) is 0 Å². The number of fused-ring (bicyclic) bond motifs is 1. The van der Waals surface area contributed by atoms with Gasteiger partial charge in [-0.05, 0) is 24.8 Å². The molecule has 0 spiro atoms. The smallest absolute Gasteiger partial charge is 0.0522 e. The summed E-state index contributed by atoms with van der Waals surface area (Å²) in [5.41, 5.74) is 8.47. The van der Waals surface area contributed by atoms with Crippen LogP contribution in [-0.2, 0) is 12.8 Å². The van der Waals surface area contributed by atoms with Crippen LogP contribution in [0.1, 0.15) is 24.1 Å². The van der Waals surface area contributed by atoms with Gasteiger partial charge in [0.25, 0.3) is 0 Å². The maximum absolute atomic E-state index is 5.86. The quantitative estimate of drug-likeness (QED) is 0.534. The molecule has 0 radical (unpaired) electrons. The second kappa shape index (κ2) is 2.66. The maximum Gasteiger partial charge on any atom is 0.0522 e. The SMILES string of the molecule is N[C@H]1CCCc2cn[nH]c2C1. The van der Waals surface area contributed by atoms with Crippen molar-refractivity contribution in [3.8, 4) is 0 Å². The molecule has 1 atom stereocenters. The second-order valence-electron chi connectivity index (χ2n) is 3.23. The summed E-state index contributed by atoms with van der Waals surface area (Å²) < 4.78 is 0. The van der Waals surface area contributed by atoms with Crippen molar-refractivity contribution in [2.75, 3.05) is 0 Å². The first kappa shape index (κ1) is 6.85. The largest absolute Gasteiger partial charge is 0.327 e. The lowest BCUT2D eigenvalue weighted by atomic mass is 10.1. The van der Waals surface area contributed by atoms with Gasteiger partial charge in [-0.25, -0.2) is 0 Å². The molecule has 60 valence electrons. The Kier molecular flexibility index (Phi) is 1.66. The summed E-state index contributed by atoms with van der Waals surface area (Å²) in [6.45, 7) is 0. The zero-order chi connectivity index (χ0) is 7.68. The number of aromatic nitrogens is 2. The highest BCUT2D eigenvalue weighted by Gasteiger charge is 2.14. The van der Waals surface area contributed by atoms with Crippen molar-refractivity contribution in [1.29, 1.82) is 0 Å². The summed E-state index contributed by atoms with van der Waals surface area (Å²) >= 11 is 0. The third-order valence-electron chi connectivity index (χ3n) is 2.29. The van der Waals surface area contributed by atoms with E-state index < -0.39 is 0 Å². The maximum atomic E-state index is 5.86. The molecule has 0 unspecified atom stereocenters. The Bertz CT molecular complexity index is 241. The summed E-state index contributed by atoms with van der Waals surface area (Å²) in [4.78, 5) is 0. The number of H-pyrrole nitrogens is 1. The van der Waals surface area contributed by atoms with Gasteiger partial charge in [-0.3, -0.25) is 5.10 Å². The highest BCUT2D eigenvalue weighted by Crippen LogP contribution is 2.16. The predicted molar refractivity (Wildman–Crippen MR) is 43.2 cm³/mol. The van der Waals surface area contributed by atoms with E-state index in [9.17, 15) is 0 Å². The van der Waals surface area contributed by atoms with Gasteiger partial charge in [0.15, 0.2) is 0 Å². The lowest BCUT2D eigenvalue weighted by Gasteiger charge is -2.04. The van der Waals surface area contributed by atoms with Gasteiger partial charge in [-0.1, -0.05) is 0 Å².